The Kier molecular flexibility index (Phi) is 6.18. The molecule has 2 amide bonds. The molecule has 10 heteroatoms. The van der Waals surface area contributed by atoms with Gasteiger partial charge in [-0.2, -0.15) is 0 Å². The molecule has 2 aromatic rings. The summed E-state index contributed by atoms with van der Waals surface area (Å²) < 4.78 is 5.81. The molecule has 2 fully saturated rings. The highest BCUT2D eigenvalue weighted by Crippen LogP contribution is 2.39. The van der Waals surface area contributed by atoms with Crippen LogP contribution in [-0.2, 0) is 4.79 Å². The Morgan fingerprint density at radius 2 is 1.84 bits per heavy atom. The van der Waals surface area contributed by atoms with E-state index < -0.39 is 11.5 Å². The Morgan fingerprint density at radius 3 is 2.41 bits per heavy atom. The highest BCUT2D eigenvalue weighted by molar-refractivity contribution is 6.35. The molecule has 3 N–H and O–H groups in total. The largest absolute Gasteiger partial charge is 0.460 e. The van der Waals surface area contributed by atoms with Crippen LogP contribution in [0, 0.1) is 0 Å². The molecule has 2 atom stereocenters. The molecule has 0 saturated carbocycles. The first-order valence-corrected chi connectivity index (χ1v) is 11.2. The summed E-state index contributed by atoms with van der Waals surface area (Å²) in [6, 6.07) is 5.62. The number of anilines is 1. The van der Waals surface area contributed by atoms with Gasteiger partial charge in [0.05, 0.1) is 10.6 Å². The lowest BCUT2D eigenvalue weighted by atomic mass is 9.96. The van der Waals surface area contributed by atoms with E-state index in [0.29, 0.717) is 10.6 Å². The molecule has 32 heavy (non-hydrogen) atoms. The number of carbonyl (C=O) groups excluding carboxylic acids is 2. The number of aromatic nitrogens is 2. The van der Waals surface area contributed by atoms with E-state index in [1.165, 1.54) is 18.5 Å². The van der Waals surface area contributed by atoms with Crippen molar-refractivity contribution in [2.75, 3.05) is 4.90 Å². The first-order chi connectivity index (χ1) is 15.1. The van der Waals surface area contributed by atoms with E-state index in [1.807, 2.05) is 6.07 Å². The minimum absolute atomic E-state index is 0.0256. The van der Waals surface area contributed by atoms with E-state index >= 15 is 0 Å². The molecule has 2 aliphatic heterocycles. The third-order valence-corrected chi connectivity index (χ3v) is 6.52. The van der Waals surface area contributed by atoms with E-state index in [4.69, 9.17) is 33.7 Å². The van der Waals surface area contributed by atoms with Crippen molar-refractivity contribution >= 4 is 40.8 Å². The minimum atomic E-state index is -1.16. The molecule has 2 aromatic heterocycles. The maximum atomic E-state index is 13.0. The number of nitrogens with two attached hydrogens (primary N) is 1. The average Bonchev–Trinajstić information content (AvgIpc) is 3.00. The van der Waals surface area contributed by atoms with Crippen molar-refractivity contribution in [3.63, 3.8) is 0 Å². The first kappa shape index (κ1) is 22.6. The lowest BCUT2D eigenvalue weighted by Gasteiger charge is -2.40. The van der Waals surface area contributed by atoms with E-state index in [2.05, 4.69) is 20.2 Å². The molecule has 0 spiro atoms. The van der Waals surface area contributed by atoms with E-state index in [1.54, 1.807) is 19.9 Å². The van der Waals surface area contributed by atoms with Gasteiger partial charge >= 0.3 is 0 Å². The second kappa shape index (κ2) is 8.75. The van der Waals surface area contributed by atoms with Crippen molar-refractivity contribution in [2.45, 2.75) is 63.3 Å². The van der Waals surface area contributed by atoms with Gasteiger partial charge in [-0.15, -0.1) is 0 Å². The number of nitrogens with zero attached hydrogens (tertiary/aromatic N) is 3. The van der Waals surface area contributed by atoms with Gasteiger partial charge < -0.3 is 20.7 Å². The number of hydrogen-bond acceptors (Lipinski definition) is 6. The van der Waals surface area contributed by atoms with Gasteiger partial charge in [0.2, 0.25) is 11.8 Å². The van der Waals surface area contributed by atoms with Gasteiger partial charge in [0, 0.05) is 30.5 Å². The number of piperidine rings is 1. The van der Waals surface area contributed by atoms with Crippen LogP contribution in [0.5, 0.6) is 5.88 Å². The van der Waals surface area contributed by atoms with Gasteiger partial charge in [-0.25, -0.2) is 9.97 Å². The predicted molar refractivity (Wildman–Crippen MR) is 122 cm³/mol. The van der Waals surface area contributed by atoms with Gasteiger partial charge in [-0.05, 0) is 57.7 Å². The zero-order valence-electron chi connectivity index (χ0n) is 17.8. The van der Waals surface area contributed by atoms with Gasteiger partial charge in [-0.1, -0.05) is 23.2 Å². The van der Waals surface area contributed by atoms with Crippen LogP contribution in [0.1, 0.15) is 49.9 Å². The smallest absolute Gasteiger partial charge is 0.263 e. The average molecular weight is 478 g/mol. The molecule has 2 unspecified atom stereocenters. The molecule has 0 aromatic carbocycles. The van der Waals surface area contributed by atoms with Crippen LogP contribution in [0.3, 0.4) is 0 Å². The topological polar surface area (TPSA) is 110 Å². The number of nitrogens with one attached hydrogen (secondary N) is 1. The fourth-order valence-corrected chi connectivity index (χ4v) is 4.90. The number of amides is 2. The second-order valence-corrected chi connectivity index (χ2v) is 9.60. The third kappa shape index (κ3) is 4.61. The summed E-state index contributed by atoms with van der Waals surface area (Å²) in [5.41, 5.74) is 4.54. The summed E-state index contributed by atoms with van der Waals surface area (Å²) in [5, 5.41) is 3.78. The van der Waals surface area contributed by atoms with E-state index in [-0.39, 0.29) is 34.9 Å². The van der Waals surface area contributed by atoms with Crippen molar-refractivity contribution in [3.05, 3.63) is 46.2 Å². The molecule has 8 nitrogen and oxygen atoms in total. The van der Waals surface area contributed by atoms with Crippen molar-refractivity contribution in [1.82, 2.24) is 15.3 Å². The number of carbonyl (C=O) groups is 2. The number of fused-ring (bicyclic) bond motifs is 2. The lowest BCUT2D eigenvalue weighted by Crippen LogP contribution is -2.55. The molecule has 2 bridgehead atoms. The molecule has 0 radical (unpaired) electrons. The maximum Gasteiger partial charge on any atom is 0.263 e. The van der Waals surface area contributed by atoms with Crippen LogP contribution in [0.25, 0.3) is 0 Å². The predicted octanol–water partition coefficient (Wildman–Crippen LogP) is 3.36. The lowest BCUT2D eigenvalue weighted by molar-refractivity contribution is -0.135. The summed E-state index contributed by atoms with van der Waals surface area (Å²) in [5.74, 6) is 0.274. The van der Waals surface area contributed by atoms with Crippen molar-refractivity contribution < 1.29 is 14.3 Å². The quantitative estimate of drug-likeness (QED) is 0.659. The van der Waals surface area contributed by atoms with Gasteiger partial charge in [0.25, 0.3) is 5.91 Å². The summed E-state index contributed by atoms with van der Waals surface area (Å²) in [6.07, 6.45) is 6.60. The molecular weight excluding hydrogens is 453 g/mol. The number of primary amides is 1. The number of pyridine rings is 2. The Labute approximate surface area is 196 Å². The number of hydrogen-bond donors (Lipinski definition) is 2. The van der Waals surface area contributed by atoms with Crippen molar-refractivity contribution in [1.29, 1.82) is 0 Å². The Morgan fingerprint density at radius 1 is 1.16 bits per heavy atom. The van der Waals surface area contributed by atoms with Crippen molar-refractivity contribution in [3.8, 4) is 5.88 Å². The number of rotatable bonds is 6. The molecular formula is C22H25Cl2N5O3. The zero-order valence-corrected chi connectivity index (χ0v) is 19.4. The van der Waals surface area contributed by atoms with Gasteiger partial charge in [0.1, 0.15) is 10.8 Å². The molecule has 2 saturated heterocycles. The van der Waals surface area contributed by atoms with Crippen LogP contribution in [-0.4, -0.2) is 45.5 Å². The highest BCUT2D eigenvalue weighted by atomic mass is 35.5. The number of ether oxygens (including phenoxy) is 1. The monoisotopic (exact) mass is 477 g/mol. The van der Waals surface area contributed by atoms with Crippen molar-refractivity contribution in [2.24, 2.45) is 5.73 Å². The van der Waals surface area contributed by atoms with Crippen LogP contribution >= 0.6 is 23.2 Å². The Hall–Kier alpha value is -2.58. The van der Waals surface area contributed by atoms with Crippen LogP contribution in [0.2, 0.25) is 10.0 Å². The third-order valence-electron chi connectivity index (χ3n) is 6.04. The minimum Gasteiger partial charge on any atom is -0.460 e. The molecule has 170 valence electrons. The summed E-state index contributed by atoms with van der Waals surface area (Å²) in [7, 11) is 0. The standard InChI is InChI=1S/C22H25Cl2N5O3/c1-22(2,32-20-17(24)7-13(23)11-27-20)21(31)28-14-8-15-4-5-16(9-14)29(15)18-6-3-12(10-26-18)19(25)30/h3,6-7,10-11,14-16H,4-5,8-9H2,1-2H3,(H2,25,30)(H,28,31). The fraction of sp³-hybridized carbons (Fsp3) is 0.455. The van der Waals surface area contributed by atoms with Crippen LogP contribution in [0.4, 0.5) is 5.82 Å². The first-order valence-electron chi connectivity index (χ1n) is 10.5. The second-order valence-electron chi connectivity index (χ2n) is 8.76. The molecule has 2 aliphatic rings. The zero-order chi connectivity index (χ0) is 23.0. The van der Waals surface area contributed by atoms with Gasteiger partial charge in [0.15, 0.2) is 5.60 Å². The maximum absolute atomic E-state index is 13.0. The summed E-state index contributed by atoms with van der Waals surface area (Å²) in [6.45, 7) is 3.37. The number of halogens is 2. The molecule has 4 rings (SSSR count). The van der Waals surface area contributed by atoms with Crippen LogP contribution < -0.4 is 20.7 Å². The SMILES string of the molecule is CC(C)(Oc1ncc(Cl)cc1Cl)C(=O)NC1CC2CCC(C1)N2c1ccc(C(N)=O)cn1. The van der Waals surface area contributed by atoms with E-state index in [9.17, 15) is 9.59 Å². The van der Waals surface area contributed by atoms with Gasteiger partial charge in [-0.3, -0.25) is 9.59 Å². The normalized spacial score (nSPS) is 22.5. The Balaban J connectivity index is 1.40. The summed E-state index contributed by atoms with van der Waals surface area (Å²) >= 11 is 12.0. The molecule has 4 heterocycles. The van der Waals surface area contributed by atoms with Crippen LogP contribution in [0.15, 0.2) is 30.6 Å². The molecule has 0 aliphatic carbocycles. The summed E-state index contributed by atoms with van der Waals surface area (Å²) in [4.78, 5) is 35.1. The van der Waals surface area contributed by atoms with E-state index in [0.717, 1.165) is 31.5 Å². The highest BCUT2D eigenvalue weighted by Gasteiger charge is 2.43. The Bertz CT molecular complexity index is 1020. The fourth-order valence-electron chi connectivity index (χ4n) is 4.48.